The number of aliphatic hydroxyl groups excluding tert-OH is 2. The fraction of sp³-hybridized carbons (Fsp3) is 0.619. The minimum Gasteiger partial charge on any atom is -0.756 e. The average molecular weight is 1340 g/mol. The Morgan fingerprint density at radius 2 is 1.38 bits per heavy atom. The molecule has 2 saturated heterocycles. The summed E-state index contributed by atoms with van der Waals surface area (Å²) >= 11 is 0. The maximum Gasteiger partial charge on any atom is 3.00 e. The number of fused-ring (bicyclic) bond motifs is 7. The summed E-state index contributed by atoms with van der Waals surface area (Å²) < 4.78 is 31.9. The van der Waals surface area contributed by atoms with Crippen LogP contribution in [0.2, 0.25) is 0 Å². The van der Waals surface area contributed by atoms with Gasteiger partial charge in [0.05, 0.1) is 30.1 Å². The molecule has 15 N–H and O–H groups in total. The van der Waals surface area contributed by atoms with Gasteiger partial charge in [-0.15, -0.1) is 0 Å². The van der Waals surface area contributed by atoms with Crippen molar-refractivity contribution in [2.45, 2.75) is 189 Å². The van der Waals surface area contributed by atoms with Gasteiger partial charge < -0.3 is 85.9 Å². The molecule has 15 atom stereocenters. The standard InChI is InChI=1S/C62H90N13O14P.CH3.Co/c1-29-20-39-40(21-30(29)2)75(28-70-39)57-52(84)53(41(27-76)87-57)89-90(85,86)88-31(3)26-69-49(83)18-19-59(8)37(22-46(66)80)56-62(11)61(10,25-48(68)82)36(14-17-45(65)79)51(74-62)33(5)55-60(9,24-47(67)81)34(12-15-43(63)77)38(71-55)23-42-58(6,7)35(13-16-44(64)78)50(72-42)32(4)54(59)73-56;;/h20-21,23,28,31,34-37,41,52-53,56-57,76,84H,12-19,22,24-27H2,1-11H3,(H15,63,64,65,66,67,68,69,71,72,73,74,77,78,79,80,81,82,83,85,86);1H3;/q;-1;+3/p-2/t31?,34?,35?,36?,37?,41-,52-,53-,56?,57+,59?,60?,61?,62?;;/m1../s1. The normalized spacial score (nSPS) is 32.9. The van der Waals surface area contributed by atoms with Gasteiger partial charge in [-0.1, -0.05) is 47.1 Å². The van der Waals surface area contributed by atoms with E-state index in [2.05, 4.69) is 10.3 Å². The third-order valence-corrected chi connectivity index (χ3v) is 21.6. The molecular formula is C63H91CoN13O14P. The zero-order chi connectivity index (χ0) is 66.7. The molecule has 1 aromatic carbocycles. The summed E-state index contributed by atoms with van der Waals surface area (Å²) in [5, 5.41) is 30.1. The summed E-state index contributed by atoms with van der Waals surface area (Å²) in [4.78, 5) is 128. The van der Waals surface area contributed by atoms with Crippen molar-refractivity contribution < 1.29 is 83.8 Å². The number of ether oxygens (including phenoxy) is 1. The molecule has 92 heavy (non-hydrogen) atoms. The number of nitrogens with two attached hydrogens (primary N) is 6. The third-order valence-electron chi connectivity index (χ3n) is 20.5. The van der Waals surface area contributed by atoms with E-state index in [0.29, 0.717) is 56.4 Å². The van der Waals surface area contributed by atoms with Gasteiger partial charge in [0.25, 0.3) is 7.82 Å². The van der Waals surface area contributed by atoms with E-state index >= 15 is 0 Å². The van der Waals surface area contributed by atoms with Crippen LogP contribution in [0, 0.1) is 66.6 Å². The monoisotopic (exact) mass is 1340 g/mol. The number of nitrogens with zero attached hydrogens (tertiary/aromatic N) is 6. The molecule has 2 aromatic rings. The van der Waals surface area contributed by atoms with Crippen LogP contribution in [0.25, 0.3) is 16.4 Å². The maximum atomic E-state index is 14.4. The first kappa shape index (κ1) is 74.5. The van der Waals surface area contributed by atoms with Crippen molar-refractivity contribution in [3.63, 3.8) is 0 Å². The summed E-state index contributed by atoms with van der Waals surface area (Å²) in [6, 6.07) is 2.65. The number of phosphoric acid groups is 1. The van der Waals surface area contributed by atoms with Gasteiger partial charge >= 0.3 is 16.8 Å². The molecule has 7 amide bonds. The van der Waals surface area contributed by atoms with E-state index in [9.17, 15) is 53.2 Å². The minimum atomic E-state index is -5.32. The van der Waals surface area contributed by atoms with E-state index in [4.69, 9.17) is 68.5 Å². The Bertz CT molecular complexity index is 3540. The van der Waals surface area contributed by atoms with Crippen LogP contribution in [0.5, 0.6) is 0 Å². The maximum absolute atomic E-state index is 14.4. The molecule has 0 radical (unpaired) electrons. The molecular weight excluding hydrogens is 1250 g/mol. The Kier molecular flexibility index (Phi) is 22.6. The second kappa shape index (κ2) is 27.8. The number of carbonyl (C=O) groups excluding carboxylic acids is 7. The number of hydrogen-bond donors (Lipinski definition) is 9. The summed E-state index contributed by atoms with van der Waals surface area (Å²) in [6.45, 7) is 19.0. The number of aliphatic hydroxyl groups is 2. The van der Waals surface area contributed by atoms with Crippen LogP contribution in [0.15, 0.2) is 67.8 Å². The number of hydrogen-bond acceptors (Lipinski definition) is 18. The molecule has 8 rings (SSSR count). The number of primary amides is 6. The number of aryl methyl sites for hydroxylation is 2. The Hall–Kier alpha value is -6.49. The Morgan fingerprint density at radius 1 is 0.793 bits per heavy atom. The fourth-order valence-electron chi connectivity index (χ4n) is 15.3. The molecule has 27 nitrogen and oxygen atoms in total. The number of nitrogens with one attached hydrogen (secondary N) is 1. The predicted molar refractivity (Wildman–Crippen MR) is 338 cm³/mol. The molecule has 11 unspecified atom stereocenters. The van der Waals surface area contributed by atoms with Crippen molar-refractivity contribution in [2.75, 3.05) is 13.2 Å². The van der Waals surface area contributed by atoms with Crippen LogP contribution in [-0.4, -0.2) is 127 Å². The number of imidazole rings is 1. The van der Waals surface area contributed by atoms with E-state index in [1.54, 1.807) is 6.92 Å². The van der Waals surface area contributed by atoms with E-state index < -0.39 is 143 Å². The number of rotatable bonds is 26. The van der Waals surface area contributed by atoms with Gasteiger partial charge in [0.1, 0.15) is 18.3 Å². The number of allylic oxidation sites excluding steroid dienone is 6. The molecule has 6 aliphatic heterocycles. The topological polar surface area (TPSA) is 465 Å². The number of benzene rings is 1. The second-order valence-corrected chi connectivity index (χ2v) is 28.3. The molecule has 0 aliphatic carbocycles. The third kappa shape index (κ3) is 14.1. The van der Waals surface area contributed by atoms with Crippen LogP contribution in [0.4, 0.5) is 0 Å². The molecule has 2 fully saturated rings. The summed E-state index contributed by atoms with van der Waals surface area (Å²) in [5.74, 6) is -7.40. The van der Waals surface area contributed by atoms with Crippen molar-refractivity contribution in [2.24, 2.45) is 94.7 Å². The predicted octanol–water partition coefficient (Wildman–Crippen LogP) is 3.76. The first-order chi connectivity index (χ1) is 41.8. The van der Waals surface area contributed by atoms with Crippen LogP contribution < -0.4 is 44.6 Å². The summed E-state index contributed by atoms with van der Waals surface area (Å²) in [5.41, 5.74) is 36.7. The minimum absolute atomic E-state index is 0. The number of aromatic nitrogens is 2. The summed E-state index contributed by atoms with van der Waals surface area (Å²) in [7, 11) is -5.32. The van der Waals surface area contributed by atoms with Gasteiger partial charge in [0.2, 0.25) is 41.4 Å². The SMILES string of the molecule is C/C1=C2/N=C(C=C3N=C(/C(C)=C4\[N-]C(C)(C5N=C1C(C)(CCC(=O)NCC(C)OP(=O)([O-])O[C@H]1[C@@H](O)[C@@H](n6cnc7cc(C)c(C)cc76)O[C@@H]1CO)C5CC(N)=O)C(C)(CC(N)=O)C4CCC(N)=O)C(C)(CC(N)=O)C3CCC(N)=O)C(C)(C)C2CCC(N)=O.[CH3-].[Co+3]. The number of amides is 7. The first-order valence-electron chi connectivity index (χ1n) is 30.5. The molecule has 1 aromatic heterocycles. The first-order valence-corrected chi connectivity index (χ1v) is 32.0. The van der Waals surface area contributed by atoms with E-state index in [1.807, 2.05) is 80.5 Å². The smallest absolute Gasteiger partial charge is 0.756 e. The van der Waals surface area contributed by atoms with E-state index in [1.165, 1.54) is 17.8 Å². The van der Waals surface area contributed by atoms with Gasteiger partial charge in [0, 0.05) is 114 Å². The van der Waals surface area contributed by atoms with Crippen molar-refractivity contribution in [1.82, 2.24) is 14.9 Å². The van der Waals surface area contributed by atoms with Crippen molar-refractivity contribution in [1.29, 1.82) is 0 Å². The number of aliphatic imine (C=N–C) groups is 3. The van der Waals surface area contributed by atoms with Gasteiger partial charge in [-0.05, 0) is 118 Å². The van der Waals surface area contributed by atoms with Crippen molar-refractivity contribution >= 4 is 77.3 Å². The Balaban J connectivity index is 0.00000672. The van der Waals surface area contributed by atoms with E-state index in [0.717, 1.165) is 11.1 Å². The molecule has 6 aliphatic rings. The van der Waals surface area contributed by atoms with Gasteiger partial charge in [-0.25, -0.2) is 4.98 Å². The van der Waals surface area contributed by atoms with Crippen molar-refractivity contribution in [3.05, 3.63) is 76.6 Å². The average Bonchev–Trinajstić information content (AvgIpc) is 1.53. The molecule has 0 saturated carbocycles. The Labute approximate surface area is 547 Å². The molecule has 29 heteroatoms. The van der Waals surface area contributed by atoms with Gasteiger partial charge in [0.15, 0.2) is 6.23 Å². The zero-order valence-electron chi connectivity index (χ0n) is 54.5. The molecule has 506 valence electrons. The number of carbonyl (C=O) groups is 7. The molecule has 0 spiro atoms. The fourth-order valence-corrected chi connectivity index (χ4v) is 16.4. The summed E-state index contributed by atoms with van der Waals surface area (Å²) in [6.07, 6.45) is -4.79. The van der Waals surface area contributed by atoms with Crippen molar-refractivity contribution in [3.8, 4) is 0 Å². The molecule has 8 bridgehead atoms. The van der Waals surface area contributed by atoms with Gasteiger partial charge in [-0.2, -0.15) is 5.70 Å². The second-order valence-electron chi connectivity index (χ2n) is 27.0. The van der Waals surface area contributed by atoms with Crippen LogP contribution in [0.3, 0.4) is 0 Å². The van der Waals surface area contributed by atoms with Crippen LogP contribution in [-0.2, 0) is 68.7 Å². The van der Waals surface area contributed by atoms with Crippen LogP contribution in [0.1, 0.15) is 150 Å². The Morgan fingerprint density at radius 3 is 1.96 bits per heavy atom. The quantitative estimate of drug-likeness (QED) is 0.0478. The van der Waals surface area contributed by atoms with E-state index in [-0.39, 0.29) is 101 Å². The molecule has 7 heterocycles. The largest absolute Gasteiger partial charge is 3.00 e. The van der Waals surface area contributed by atoms with Gasteiger partial charge in [-0.3, -0.25) is 53.1 Å². The zero-order valence-corrected chi connectivity index (χ0v) is 56.4. The van der Waals surface area contributed by atoms with Crippen LogP contribution >= 0.6 is 7.82 Å². The number of phosphoric ester groups is 1.